The Bertz CT molecular complexity index is 1210. The smallest absolute Gasteiger partial charge is 0.139 e. The molecule has 0 saturated heterocycles. The van der Waals surface area contributed by atoms with Gasteiger partial charge in [-0.25, -0.2) is 9.37 Å². The molecule has 0 aliphatic rings. The van der Waals surface area contributed by atoms with Crippen molar-refractivity contribution >= 4 is 32.8 Å². The minimum absolute atomic E-state index is 0.249. The van der Waals surface area contributed by atoms with Crippen LogP contribution in [0.5, 0.6) is 0 Å². The van der Waals surface area contributed by atoms with Crippen LogP contribution in [-0.4, -0.2) is 9.97 Å². The van der Waals surface area contributed by atoms with Crippen LogP contribution in [0, 0.1) is 5.82 Å². The number of pyridine rings is 1. The lowest BCUT2D eigenvalue weighted by atomic mass is 9.96. The Labute approximate surface area is 137 Å². The summed E-state index contributed by atoms with van der Waals surface area (Å²) >= 11 is 0. The molecule has 0 unspecified atom stereocenters. The lowest BCUT2D eigenvalue weighted by Crippen LogP contribution is -1.89. The summed E-state index contributed by atoms with van der Waals surface area (Å²) in [5.41, 5.74) is 4.73. The summed E-state index contributed by atoms with van der Waals surface area (Å²) in [6, 6.07) is 23.0. The lowest BCUT2D eigenvalue weighted by molar-refractivity contribution is 0.629. The average molecular weight is 312 g/mol. The molecule has 0 amide bonds. The first-order valence-electron chi connectivity index (χ1n) is 7.86. The van der Waals surface area contributed by atoms with E-state index in [9.17, 15) is 4.39 Å². The van der Waals surface area contributed by atoms with Crippen molar-refractivity contribution in [3.05, 3.63) is 78.6 Å². The van der Waals surface area contributed by atoms with Crippen LogP contribution in [-0.2, 0) is 0 Å². The maximum Gasteiger partial charge on any atom is 0.139 e. The quantitative estimate of drug-likeness (QED) is 0.424. The average Bonchev–Trinajstić information content (AvgIpc) is 2.98. The monoisotopic (exact) mass is 312 g/mol. The van der Waals surface area contributed by atoms with Crippen LogP contribution in [0.1, 0.15) is 0 Å². The minimum atomic E-state index is -0.249. The van der Waals surface area contributed by atoms with E-state index in [1.165, 1.54) is 6.07 Å². The van der Waals surface area contributed by atoms with Crippen LogP contribution < -0.4 is 0 Å². The molecule has 2 nitrogen and oxygen atoms in total. The van der Waals surface area contributed by atoms with Crippen molar-refractivity contribution in [3.63, 3.8) is 0 Å². The number of halogens is 1. The number of nitrogens with zero attached hydrogens (tertiary/aromatic N) is 1. The van der Waals surface area contributed by atoms with E-state index in [1.54, 1.807) is 12.1 Å². The van der Waals surface area contributed by atoms with Crippen molar-refractivity contribution in [2.24, 2.45) is 0 Å². The second kappa shape index (κ2) is 4.90. The number of hydrogen-bond acceptors (Lipinski definition) is 1. The van der Waals surface area contributed by atoms with Crippen molar-refractivity contribution < 1.29 is 4.39 Å². The highest BCUT2D eigenvalue weighted by atomic mass is 19.1. The first kappa shape index (κ1) is 13.3. The predicted octanol–water partition coefficient (Wildman–Crippen LogP) is 5.68. The van der Waals surface area contributed by atoms with Crippen molar-refractivity contribution in [1.82, 2.24) is 9.97 Å². The van der Waals surface area contributed by atoms with Crippen LogP contribution in [0.4, 0.5) is 4.39 Å². The van der Waals surface area contributed by atoms with Crippen molar-refractivity contribution in [1.29, 1.82) is 0 Å². The van der Waals surface area contributed by atoms with Gasteiger partial charge in [-0.05, 0) is 29.8 Å². The van der Waals surface area contributed by atoms with Gasteiger partial charge in [-0.3, -0.25) is 0 Å². The molecule has 0 aliphatic carbocycles. The van der Waals surface area contributed by atoms with Gasteiger partial charge in [-0.1, -0.05) is 48.5 Å². The lowest BCUT2D eigenvalue weighted by Gasteiger charge is -2.09. The Morgan fingerprint density at radius 3 is 2.46 bits per heavy atom. The summed E-state index contributed by atoms with van der Waals surface area (Å²) in [5, 5.41) is 2.97. The van der Waals surface area contributed by atoms with E-state index in [2.05, 4.69) is 23.2 Å². The van der Waals surface area contributed by atoms with Gasteiger partial charge in [0.2, 0.25) is 0 Å². The summed E-state index contributed by atoms with van der Waals surface area (Å²) in [7, 11) is 0. The van der Waals surface area contributed by atoms with E-state index in [0.29, 0.717) is 0 Å². The van der Waals surface area contributed by atoms with Crippen LogP contribution in [0.2, 0.25) is 0 Å². The summed E-state index contributed by atoms with van der Waals surface area (Å²) in [6.45, 7) is 0. The molecule has 0 atom stereocenters. The number of benzene rings is 3. The Balaban J connectivity index is 2.08. The van der Waals surface area contributed by atoms with Crippen molar-refractivity contribution in [2.75, 3.05) is 0 Å². The molecule has 3 aromatic carbocycles. The molecule has 2 heterocycles. The zero-order chi connectivity index (χ0) is 16.1. The van der Waals surface area contributed by atoms with Crippen molar-refractivity contribution in [3.8, 4) is 11.1 Å². The highest BCUT2D eigenvalue weighted by molar-refractivity contribution is 6.19. The third-order valence-corrected chi connectivity index (χ3v) is 4.46. The Morgan fingerprint density at radius 1 is 0.792 bits per heavy atom. The molecule has 0 radical (unpaired) electrons. The number of H-pyrrole nitrogens is 1. The molecule has 114 valence electrons. The molecular weight excluding hydrogens is 299 g/mol. The number of hydrogen-bond donors (Lipinski definition) is 1. The number of para-hydroxylation sites is 1. The topological polar surface area (TPSA) is 28.7 Å². The van der Waals surface area contributed by atoms with Gasteiger partial charge < -0.3 is 4.98 Å². The summed E-state index contributed by atoms with van der Waals surface area (Å²) in [4.78, 5) is 8.11. The molecule has 0 fully saturated rings. The number of aromatic amines is 1. The second-order valence-corrected chi connectivity index (χ2v) is 5.91. The van der Waals surface area contributed by atoms with E-state index < -0.39 is 0 Å². The van der Waals surface area contributed by atoms with E-state index in [4.69, 9.17) is 4.98 Å². The Morgan fingerprint density at radius 2 is 1.58 bits per heavy atom. The summed E-state index contributed by atoms with van der Waals surface area (Å²) in [6.07, 6.45) is 0. The van der Waals surface area contributed by atoms with Gasteiger partial charge in [0.1, 0.15) is 11.5 Å². The highest BCUT2D eigenvalue weighted by Gasteiger charge is 2.16. The van der Waals surface area contributed by atoms with Gasteiger partial charge in [0.05, 0.1) is 5.52 Å². The molecule has 5 aromatic rings. The van der Waals surface area contributed by atoms with Crippen molar-refractivity contribution in [2.45, 2.75) is 0 Å². The molecule has 0 saturated carbocycles. The largest absolute Gasteiger partial charge is 0.339 e. The van der Waals surface area contributed by atoms with Gasteiger partial charge >= 0.3 is 0 Å². The fourth-order valence-corrected chi connectivity index (χ4v) is 3.43. The molecule has 24 heavy (non-hydrogen) atoms. The molecule has 2 aromatic heterocycles. The second-order valence-electron chi connectivity index (χ2n) is 5.91. The zero-order valence-electron chi connectivity index (χ0n) is 12.8. The summed E-state index contributed by atoms with van der Waals surface area (Å²) in [5.74, 6) is -0.249. The third kappa shape index (κ3) is 1.85. The van der Waals surface area contributed by atoms with Gasteiger partial charge in [-0.2, -0.15) is 0 Å². The summed E-state index contributed by atoms with van der Waals surface area (Å²) < 4.78 is 13.9. The number of aromatic nitrogens is 2. The van der Waals surface area contributed by atoms with Crippen LogP contribution in [0.15, 0.2) is 72.8 Å². The van der Waals surface area contributed by atoms with Crippen LogP contribution in [0.25, 0.3) is 44.0 Å². The maximum atomic E-state index is 13.9. The maximum absolute atomic E-state index is 13.9. The molecule has 0 bridgehead atoms. The third-order valence-electron chi connectivity index (χ3n) is 4.46. The van der Waals surface area contributed by atoms with E-state index in [1.807, 2.05) is 36.4 Å². The fourth-order valence-electron chi connectivity index (χ4n) is 3.43. The van der Waals surface area contributed by atoms with Gasteiger partial charge in [-0.15, -0.1) is 0 Å². The number of fused-ring (bicyclic) bond motifs is 4. The first-order valence-corrected chi connectivity index (χ1v) is 7.86. The fraction of sp³-hybridized carbons (Fsp3) is 0. The minimum Gasteiger partial charge on any atom is -0.339 e. The van der Waals surface area contributed by atoms with E-state index >= 15 is 0 Å². The number of nitrogens with one attached hydrogen (secondary N) is 1. The van der Waals surface area contributed by atoms with Gasteiger partial charge in [0.25, 0.3) is 0 Å². The molecule has 0 spiro atoms. The SMILES string of the molecule is Fc1ccc2nc3[nH]c4ccccc4c3c(-c3ccccc3)c2c1. The van der Waals surface area contributed by atoms with Crippen LogP contribution in [0.3, 0.4) is 0 Å². The van der Waals surface area contributed by atoms with Gasteiger partial charge in [0, 0.05) is 27.2 Å². The number of rotatable bonds is 1. The molecule has 0 aliphatic heterocycles. The molecule has 3 heteroatoms. The Kier molecular flexibility index (Phi) is 2.71. The molecular formula is C21H13FN2. The predicted molar refractivity (Wildman–Crippen MR) is 96.5 cm³/mol. The normalized spacial score (nSPS) is 11.5. The molecule has 1 N–H and O–H groups in total. The Hall–Kier alpha value is -3.20. The van der Waals surface area contributed by atoms with E-state index in [-0.39, 0.29) is 5.82 Å². The molecule has 5 rings (SSSR count). The van der Waals surface area contributed by atoms with E-state index in [0.717, 1.165) is 44.0 Å². The van der Waals surface area contributed by atoms with Gasteiger partial charge in [0.15, 0.2) is 0 Å². The highest BCUT2D eigenvalue weighted by Crippen LogP contribution is 2.38. The van der Waals surface area contributed by atoms with Crippen LogP contribution >= 0.6 is 0 Å². The first-order chi connectivity index (χ1) is 11.8. The zero-order valence-corrected chi connectivity index (χ0v) is 12.8. The standard InChI is InChI=1S/C21H13FN2/c22-14-10-11-18-16(12-14)19(13-6-2-1-3-7-13)20-15-8-4-5-9-17(15)23-21(20)24-18/h1-12H,(H,23,24).